The number of halogens is 1. The maximum absolute atomic E-state index is 13.3. The largest absolute Gasteiger partial charge is 0.360 e. The Balaban J connectivity index is 2.50. The second-order valence-corrected chi connectivity index (χ2v) is 7.25. The lowest BCUT2D eigenvalue weighted by atomic mass is 10.1. The molecule has 0 radical (unpaired) electrons. The fourth-order valence-electron chi connectivity index (χ4n) is 2.36. The van der Waals surface area contributed by atoms with Crippen LogP contribution in [0.5, 0.6) is 0 Å². The van der Waals surface area contributed by atoms with Gasteiger partial charge >= 0.3 is 0 Å². The first-order valence-corrected chi connectivity index (χ1v) is 7.52. The van der Waals surface area contributed by atoms with E-state index >= 15 is 0 Å². The zero-order valence-electron chi connectivity index (χ0n) is 11.5. The zero-order valence-corrected chi connectivity index (χ0v) is 12.3. The number of nitrogens with zero attached hydrogens (tertiary/aromatic N) is 1. The summed E-state index contributed by atoms with van der Waals surface area (Å²) in [5.41, 5.74) is -0.299. The third-order valence-corrected chi connectivity index (χ3v) is 5.45. The van der Waals surface area contributed by atoms with Crippen molar-refractivity contribution in [2.24, 2.45) is 0 Å². The Kier molecular flexibility index (Phi) is 3.45. The average molecular weight is 287 g/mol. The topological polar surface area (TPSA) is 46.6 Å². The standard InChI is InChI=1S/C13H18FNO3S/c1-9-7-11(5-6-12(9)14)19(16,17)15-10(2)18-8-13(15,3)4/h5-7,10H,8H2,1-4H3. The minimum Gasteiger partial charge on any atom is -0.360 e. The van der Waals surface area contributed by atoms with E-state index in [9.17, 15) is 12.8 Å². The third kappa shape index (κ3) is 2.40. The Labute approximate surface area is 113 Å². The summed E-state index contributed by atoms with van der Waals surface area (Å²) in [6.07, 6.45) is -0.523. The number of hydrogen-bond donors (Lipinski definition) is 0. The molecule has 1 fully saturated rings. The number of benzene rings is 1. The molecular weight excluding hydrogens is 269 g/mol. The monoisotopic (exact) mass is 287 g/mol. The Bertz CT molecular complexity index is 598. The van der Waals surface area contributed by atoms with Gasteiger partial charge in [-0.05, 0) is 51.5 Å². The van der Waals surface area contributed by atoms with E-state index in [1.54, 1.807) is 13.8 Å². The van der Waals surface area contributed by atoms with Crippen LogP contribution in [0.25, 0.3) is 0 Å². The maximum Gasteiger partial charge on any atom is 0.245 e. The molecule has 1 aromatic rings. The lowest BCUT2D eigenvalue weighted by molar-refractivity contribution is 0.0843. The van der Waals surface area contributed by atoms with E-state index in [2.05, 4.69) is 0 Å². The quantitative estimate of drug-likeness (QED) is 0.838. The Morgan fingerprint density at radius 2 is 2.05 bits per heavy atom. The maximum atomic E-state index is 13.3. The van der Waals surface area contributed by atoms with Crippen LogP contribution in [0.3, 0.4) is 0 Å². The molecule has 1 unspecified atom stereocenters. The third-order valence-electron chi connectivity index (χ3n) is 3.29. The molecule has 2 rings (SSSR count). The van der Waals surface area contributed by atoms with Crippen LogP contribution >= 0.6 is 0 Å². The van der Waals surface area contributed by atoms with Gasteiger partial charge in [-0.25, -0.2) is 12.8 Å². The molecule has 1 heterocycles. The summed E-state index contributed by atoms with van der Waals surface area (Å²) in [4.78, 5) is 0.0943. The number of ether oxygens (including phenoxy) is 1. The highest BCUT2D eigenvalue weighted by Gasteiger charge is 2.46. The smallest absolute Gasteiger partial charge is 0.245 e. The van der Waals surface area contributed by atoms with Gasteiger partial charge in [0.05, 0.1) is 17.0 Å². The molecule has 0 amide bonds. The van der Waals surface area contributed by atoms with Crippen molar-refractivity contribution in [1.82, 2.24) is 4.31 Å². The fraction of sp³-hybridized carbons (Fsp3) is 0.538. The van der Waals surface area contributed by atoms with E-state index in [1.807, 2.05) is 13.8 Å². The van der Waals surface area contributed by atoms with Gasteiger partial charge in [-0.2, -0.15) is 4.31 Å². The van der Waals surface area contributed by atoms with E-state index in [-0.39, 0.29) is 4.90 Å². The Morgan fingerprint density at radius 3 is 2.53 bits per heavy atom. The molecule has 1 saturated heterocycles. The second-order valence-electron chi connectivity index (χ2n) is 5.43. The molecule has 4 nitrogen and oxygen atoms in total. The summed E-state index contributed by atoms with van der Waals surface area (Å²) in [5.74, 6) is -0.413. The molecule has 0 aromatic heterocycles. The molecule has 106 valence electrons. The van der Waals surface area contributed by atoms with Gasteiger partial charge in [-0.3, -0.25) is 0 Å². The summed E-state index contributed by atoms with van der Waals surface area (Å²) < 4.78 is 45.3. The summed E-state index contributed by atoms with van der Waals surface area (Å²) >= 11 is 0. The van der Waals surface area contributed by atoms with Crippen LogP contribution in [-0.4, -0.2) is 31.1 Å². The Hall–Kier alpha value is -0.980. The molecule has 1 aliphatic rings. The van der Waals surface area contributed by atoms with Crippen molar-refractivity contribution < 1.29 is 17.5 Å². The van der Waals surface area contributed by atoms with Crippen LogP contribution in [0, 0.1) is 12.7 Å². The van der Waals surface area contributed by atoms with Crippen molar-refractivity contribution in [2.75, 3.05) is 6.61 Å². The van der Waals surface area contributed by atoms with Gasteiger partial charge in [0.1, 0.15) is 12.0 Å². The van der Waals surface area contributed by atoms with Crippen LogP contribution in [0.1, 0.15) is 26.3 Å². The predicted octanol–water partition coefficient (Wildman–Crippen LogP) is 2.28. The number of aryl methyl sites for hydroxylation is 1. The molecule has 6 heteroatoms. The summed E-state index contributed by atoms with van der Waals surface area (Å²) in [5, 5.41) is 0. The fourth-order valence-corrected chi connectivity index (χ4v) is 4.31. The van der Waals surface area contributed by atoms with Gasteiger partial charge < -0.3 is 4.74 Å². The molecular formula is C13H18FNO3S. The highest BCUT2D eigenvalue weighted by atomic mass is 32.2. The molecule has 0 aliphatic carbocycles. The van der Waals surface area contributed by atoms with Crippen molar-refractivity contribution in [3.63, 3.8) is 0 Å². The van der Waals surface area contributed by atoms with Gasteiger partial charge in [0.2, 0.25) is 10.0 Å². The van der Waals surface area contributed by atoms with Gasteiger partial charge in [-0.15, -0.1) is 0 Å². The van der Waals surface area contributed by atoms with Gasteiger partial charge in [0, 0.05) is 0 Å². The van der Waals surface area contributed by atoms with Gasteiger partial charge in [0.25, 0.3) is 0 Å². The first-order valence-electron chi connectivity index (χ1n) is 6.08. The van der Waals surface area contributed by atoms with Crippen molar-refractivity contribution in [3.05, 3.63) is 29.6 Å². The minimum absolute atomic E-state index is 0.0943. The summed E-state index contributed by atoms with van der Waals surface area (Å²) in [7, 11) is -3.69. The van der Waals surface area contributed by atoms with Crippen LogP contribution in [0.2, 0.25) is 0 Å². The highest BCUT2D eigenvalue weighted by molar-refractivity contribution is 7.89. The Morgan fingerprint density at radius 1 is 1.42 bits per heavy atom. The van der Waals surface area contributed by atoms with Crippen LogP contribution in [0.4, 0.5) is 4.39 Å². The second kappa shape index (κ2) is 4.54. The molecule has 0 N–H and O–H groups in total. The van der Waals surface area contributed by atoms with E-state index < -0.39 is 27.6 Å². The number of sulfonamides is 1. The lowest BCUT2D eigenvalue weighted by Gasteiger charge is -2.30. The molecule has 1 aliphatic heterocycles. The van der Waals surface area contributed by atoms with Crippen LogP contribution in [-0.2, 0) is 14.8 Å². The minimum atomic E-state index is -3.69. The first kappa shape index (κ1) is 14.4. The van der Waals surface area contributed by atoms with Crippen molar-refractivity contribution in [3.8, 4) is 0 Å². The highest BCUT2D eigenvalue weighted by Crippen LogP contribution is 2.33. The summed E-state index contributed by atoms with van der Waals surface area (Å²) in [6.45, 7) is 7.20. The van der Waals surface area contributed by atoms with Crippen molar-refractivity contribution in [1.29, 1.82) is 0 Å². The van der Waals surface area contributed by atoms with E-state index in [0.29, 0.717) is 12.2 Å². The van der Waals surface area contributed by atoms with Crippen molar-refractivity contribution in [2.45, 2.75) is 44.4 Å². The number of hydrogen-bond acceptors (Lipinski definition) is 3. The van der Waals surface area contributed by atoms with E-state index in [0.717, 1.165) is 0 Å². The lowest BCUT2D eigenvalue weighted by Crippen LogP contribution is -2.47. The number of rotatable bonds is 2. The van der Waals surface area contributed by atoms with E-state index in [1.165, 1.54) is 22.5 Å². The normalized spacial score (nSPS) is 23.7. The molecule has 1 atom stereocenters. The molecule has 1 aromatic carbocycles. The molecule has 0 saturated carbocycles. The molecule has 0 spiro atoms. The van der Waals surface area contributed by atoms with E-state index in [4.69, 9.17) is 4.74 Å². The predicted molar refractivity (Wildman–Crippen MR) is 69.7 cm³/mol. The van der Waals surface area contributed by atoms with Crippen LogP contribution in [0.15, 0.2) is 23.1 Å². The average Bonchev–Trinajstić information content (AvgIpc) is 2.57. The SMILES string of the molecule is Cc1cc(S(=O)(=O)N2C(C)OCC2(C)C)ccc1F. The van der Waals surface area contributed by atoms with Crippen molar-refractivity contribution >= 4 is 10.0 Å². The molecule has 0 bridgehead atoms. The van der Waals surface area contributed by atoms with Crippen LogP contribution < -0.4 is 0 Å². The van der Waals surface area contributed by atoms with Gasteiger partial charge in [-0.1, -0.05) is 0 Å². The zero-order chi connectivity index (χ0) is 14.4. The van der Waals surface area contributed by atoms with Gasteiger partial charge in [0.15, 0.2) is 0 Å². The first-order chi connectivity index (χ1) is 8.66. The summed E-state index contributed by atoms with van der Waals surface area (Å²) in [6, 6.07) is 3.82. The molecule has 19 heavy (non-hydrogen) atoms.